The lowest BCUT2D eigenvalue weighted by Crippen LogP contribution is -1.89. The molecule has 0 radical (unpaired) electrons. The van der Waals surface area contributed by atoms with Gasteiger partial charge in [-0.15, -0.1) is 0 Å². The van der Waals surface area contributed by atoms with Crippen molar-refractivity contribution in [3.8, 4) is 0 Å². The molecule has 0 aliphatic heterocycles. The number of aryl methyl sites for hydroxylation is 1. The van der Waals surface area contributed by atoms with Gasteiger partial charge in [-0.2, -0.15) is 0 Å². The number of hydrogen-bond acceptors (Lipinski definition) is 4. The number of para-hydroxylation sites is 1. The van der Waals surface area contributed by atoms with Crippen molar-refractivity contribution in [1.82, 2.24) is 0 Å². The second-order valence-electron chi connectivity index (χ2n) is 3.78. The van der Waals surface area contributed by atoms with Crippen LogP contribution in [0, 0.1) is 33.0 Å². The maximum absolute atomic E-state index is 12.5. The molecule has 0 aliphatic carbocycles. The Labute approximate surface area is 113 Å². The second kappa shape index (κ2) is 6.93. The highest BCUT2D eigenvalue weighted by Crippen LogP contribution is 2.15. The molecule has 0 heterocycles. The smallest absolute Gasteiger partial charge is 0.258 e. The van der Waals surface area contributed by atoms with E-state index in [1.165, 1.54) is 25.1 Å². The van der Waals surface area contributed by atoms with Crippen LogP contribution < -0.4 is 0 Å². The van der Waals surface area contributed by atoms with Crippen LogP contribution in [0.5, 0.6) is 0 Å². The maximum atomic E-state index is 12.5. The highest BCUT2D eigenvalue weighted by Gasteiger charge is 2.06. The van der Waals surface area contributed by atoms with E-state index in [1.807, 2.05) is 0 Å². The summed E-state index contributed by atoms with van der Waals surface area (Å²) in [6, 6.07) is 11.4. The number of non-ortho nitro benzene ring substituents is 2. The first-order valence-corrected chi connectivity index (χ1v) is 5.52. The fraction of sp³-hybridized carbons (Fsp3) is 0.0769. The monoisotopic (exact) mass is 278 g/mol. The van der Waals surface area contributed by atoms with E-state index in [0.29, 0.717) is 5.56 Å². The number of rotatable bonds is 2. The summed E-state index contributed by atoms with van der Waals surface area (Å²) in [5.41, 5.74) is 0.348. The fourth-order valence-corrected chi connectivity index (χ4v) is 1.29. The van der Waals surface area contributed by atoms with Crippen molar-refractivity contribution in [2.75, 3.05) is 0 Å². The van der Waals surface area contributed by atoms with Gasteiger partial charge in [-0.3, -0.25) is 20.2 Å². The molecule has 0 saturated heterocycles. The minimum atomic E-state index is -0.549. The van der Waals surface area contributed by atoms with Gasteiger partial charge in [0.05, 0.1) is 9.85 Å². The quantitative estimate of drug-likeness (QED) is 0.619. The van der Waals surface area contributed by atoms with Gasteiger partial charge < -0.3 is 0 Å². The molecule has 0 spiro atoms. The van der Waals surface area contributed by atoms with E-state index >= 15 is 0 Å². The van der Waals surface area contributed by atoms with Gasteiger partial charge in [0.25, 0.3) is 11.4 Å². The van der Waals surface area contributed by atoms with Crippen molar-refractivity contribution in [2.45, 2.75) is 6.92 Å². The highest BCUT2D eigenvalue weighted by atomic mass is 19.1. The summed E-state index contributed by atoms with van der Waals surface area (Å²) in [6.45, 7) is 1.49. The largest absolute Gasteiger partial charge is 0.269 e. The zero-order valence-electron chi connectivity index (χ0n) is 10.5. The molecule has 0 atom stereocenters. The number of benzene rings is 2. The molecule has 2 rings (SSSR count). The van der Waals surface area contributed by atoms with Crippen molar-refractivity contribution in [3.05, 3.63) is 80.1 Å². The molecule has 0 bridgehead atoms. The van der Waals surface area contributed by atoms with Crippen LogP contribution in [0.2, 0.25) is 0 Å². The fourth-order valence-electron chi connectivity index (χ4n) is 1.29. The zero-order chi connectivity index (χ0) is 15.1. The Morgan fingerprint density at radius 2 is 1.45 bits per heavy atom. The Morgan fingerprint density at radius 1 is 0.900 bits per heavy atom. The topological polar surface area (TPSA) is 86.3 Å². The zero-order valence-corrected chi connectivity index (χ0v) is 10.5. The maximum Gasteiger partial charge on any atom is 0.269 e. The molecule has 104 valence electrons. The molecular weight excluding hydrogens is 267 g/mol. The summed E-state index contributed by atoms with van der Waals surface area (Å²) in [5.74, 6) is -0.421. The van der Waals surface area contributed by atoms with E-state index in [9.17, 15) is 24.6 Å². The van der Waals surface area contributed by atoms with Gasteiger partial charge in [0, 0.05) is 24.3 Å². The first kappa shape index (κ1) is 15.2. The van der Waals surface area contributed by atoms with E-state index in [-0.39, 0.29) is 11.4 Å². The molecule has 0 unspecified atom stereocenters. The molecular formula is C13H11FN2O4. The van der Waals surface area contributed by atoms with Crippen LogP contribution in [0.3, 0.4) is 0 Å². The van der Waals surface area contributed by atoms with Crippen molar-refractivity contribution >= 4 is 11.4 Å². The molecule has 0 saturated carbocycles. The van der Waals surface area contributed by atoms with Crippen LogP contribution in [0.1, 0.15) is 5.56 Å². The van der Waals surface area contributed by atoms with E-state index in [2.05, 4.69) is 0 Å². The lowest BCUT2D eigenvalue weighted by atomic mass is 10.2. The van der Waals surface area contributed by atoms with E-state index in [1.54, 1.807) is 18.2 Å². The lowest BCUT2D eigenvalue weighted by Gasteiger charge is -1.94. The Hall–Kier alpha value is -2.83. The SMILES string of the molecule is Cc1cc([N+](=O)[O-])ccc1F.O=[N+]([O-])c1ccccc1. The summed E-state index contributed by atoms with van der Waals surface area (Å²) in [5, 5.41) is 20.2. The third kappa shape index (κ3) is 4.45. The molecule has 2 aromatic carbocycles. The molecule has 6 nitrogen and oxygen atoms in total. The summed E-state index contributed by atoms with van der Waals surface area (Å²) >= 11 is 0. The van der Waals surface area contributed by atoms with Gasteiger partial charge in [0.1, 0.15) is 5.82 Å². The Balaban J connectivity index is 0.000000204. The minimum Gasteiger partial charge on any atom is -0.258 e. The molecule has 0 amide bonds. The molecule has 0 aromatic heterocycles. The average molecular weight is 278 g/mol. The van der Waals surface area contributed by atoms with Crippen molar-refractivity contribution in [1.29, 1.82) is 0 Å². The van der Waals surface area contributed by atoms with Crippen molar-refractivity contribution < 1.29 is 14.2 Å². The normalized spacial score (nSPS) is 9.30. The first-order chi connectivity index (χ1) is 9.41. The van der Waals surface area contributed by atoms with Crippen LogP contribution in [-0.2, 0) is 0 Å². The Bertz CT molecular complexity index is 617. The minimum absolute atomic E-state index is 0.0797. The molecule has 2 aromatic rings. The van der Waals surface area contributed by atoms with Gasteiger partial charge in [-0.1, -0.05) is 18.2 Å². The van der Waals surface area contributed by atoms with E-state index < -0.39 is 15.7 Å². The van der Waals surface area contributed by atoms with Crippen LogP contribution in [0.25, 0.3) is 0 Å². The number of nitro benzene ring substituents is 2. The Kier molecular flexibility index (Phi) is 5.28. The lowest BCUT2D eigenvalue weighted by molar-refractivity contribution is -0.385. The molecule has 7 heteroatoms. The number of nitrogens with zero attached hydrogens (tertiary/aromatic N) is 2. The summed E-state index contributed by atoms with van der Waals surface area (Å²) in [7, 11) is 0. The number of hydrogen-bond donors (Lipinski definition) is 0. The first-order valence-electron chi connectivity index (χ1n) is 5.52. The van der Waals surface area contributed by atoms with Crippen LogP contribution in [0.15, 0.2) is 48.5 Å². The van der Waals surface area contributed by atoms with Crippen LogP contribution >= 0.6 is 0 Å². The van der Waals surface area contributed by atoms with Gasteiger partial charge in [0.15, 0.2) is 0 Å². The van der Waals surface area contributed by atoms with Gasteiger partial charge in [-0.05, 0) is 18.6 Å². The van der Waals surface area contributed by atoms with Gasteiger partial charge in [0.2, 0.25) is 0 Å². The van der Waals surface area contributed by atoms with Crippen molar-refractivity contribution in [2.24, 2.45) is 0 Å². The number of halogens is 1. The average Bonchev–Trinajstić information content (AvgIpc) is 2.43. The predicted octanol–water partition coefficient (Wildman–Crippen LogP) is 3.64. The number of nitro groups is 2. The van der Waals surface area contributed by atoms with Crippen LogP contribution in [0.4, 0.5) is 15.8 Å². The highest BCUT2D eigenvalue weighted by molar-refractivity contribution is 5.34. The predicted molar refractivity (Wildman–Crippen MR) is 70.9 cm³/mol. The summed E-state index contributed by atoms with van der Waals surface area (Å²) < 4.78 is 12.5. The molecule has 0 N–H and O–H groups in total. The third-order valence-corrected chi connectivity index (χ3v) is 2.32. The second-order valence-corrected chi connectivity index (χ2v) is 3.78. The van der Waals surface area contributed by atoms with Crippen LogP contribution in [-0.4, -0.2) is 9.85 Å². The third-order valence-electron chi connectivity index (χ3n) is 2.32. The molecule has 20 heavy (non-hydrogen) atoms. The molecule has 0 aliphatic rings. The van der Waals surface area contributed by atoms with E-state index in [4.69, 9.17) is 0 Å². The van der Waals surface area contributed by atoms with Gasteiger partial charge in [-0.25, -0.2) is 4.39 Å². The Morgan fingerprint density at radius 3 is 1.85 bits per heavy atom. The van der Waals surface area contributed by atoms with Crippen molar-refractivity contribution in [3.63, 3.8) is 0 Å². The summed E-state index contributed by atoms with van der Waals surface area (Å²) in [4.78, 5) is 19.2. The summed E-state index contributed by atoms with van der Waals surface area (Å²) in [6.07, 6.45) is 0. The molecule has 0 fully saturated rings. The van der Waals surface area contributed by atoms with Gasteiger partial charge >= 0.3 is 0 Å². The van der Waals surface area contributed by atoms with E-state index in [0.717, 1.165) is 12.1 Å². The standard InChI is InChI=1S/C7H6FNO2.C6H5NO2/c1-5-4-6(9(10)11)2-3-7(5)8;8-7(9)6-4-2-1-3-5-6/h2-4H,1H3;1-5H.